The van der Waals surface area contributed by atoms with Crippen molar-refractivity contribution in [1.29, 1.82) is 0 Å². The van der Waals surface area contributed by atoms with Crippen molar-refractivity contribution in [3.05, 3.63) is 36.3 Å². The van der Waals surface area contributed by atoms with Gasteiger partial charge in [0.1, 0.15) is 12.1 Å². The molecule has 0 spiro atoms. The zero-order chi connectivity index (χ0) is 20.5. The van der Waals surface area contributed by atoms with Crippen molar-refractivity contribution in [2.24, 2.45) is 0 Å². The SMILES string of the molecule is C=CC(=O)N1CCC2OCCN(c3ncnc(C)c3/C=C\CCC)C2C1.CC. The molecule has 1 aromatic rings. The number of carbonyl (C=O) groups is 1. The van der Waals surface area contributed by atoms with Gasteiger partial charge in [0.2, 0.25) is 5.91 Å². The lowest BCUT2D eigenvalue weighted by Gasteiger charge is -2.47. The van der Waals surface area contributed by atoms with E-state index in [0.29, 0.717) is 19.7 Å². The van der Waals surface area contributed by atoms with Gasteiger partial charge in [-0.25, -0.2) is 9.97 Å². The van der Waals surface area contributed by atoms with Gasteiger partial charge in [0.25, 0.3) is 0 Å². The van der Waals surface area contributed by atoms with E-state index in [-0.39, 0.29) is 18.1 Å². The van der Waals surface area contributed by atoms with Gasteiger partial charge in [-0.15, -0.1) is 0 Å². The number of anilines is 1. The average Bonchev–Trinajstić information content (AvgIpc) is 2.75. The first-order valence-corrected chi connectivity index (χ1v) is 10.4. The Kier molecular flexibility index (Phi) is 8.64. The summed E-state index contributed by atoms with van der Waals surface area (Å²) in [5.41, 5.74) is 2.04. The number of morpholine rings is 1. The summed E-state index contributed by atoms with van der Waals surface area (Å²) in [6, 6.07) is 0.106. The Morgan fingerprint density at radius 2 is 2.14 bits per heavy atom. The van der Waals surface area contributed by atoms with Crippen molar-refractivity contribution >= 4 is 17.8 Å². The fourth-order valence-corrected chi connectivity index (χ4v) is 3.73. The summed E-state index contributed by atoms with van der Waals surface area (Å²) in [5, 5.41) is 0. The first kappa shape index (κ1) is 22.1. The highest BCUT2D eigenvalue weighted by molar-refractivity contribution is 5.87. The van der Waals surface area contributed by atoms with Crippen molar-refractivity contribution in [3.63, 3.8) is 0 Å². The highest BCUT2D eigenvalue weighted by atomic mass is 16.5. The standard InChI is InChI=1S/C20H28N4O2.C2H6/c1-4-6-7-8-16-15(3)21-14-22-20(16)24-11-12-26-18-9-10-23(13-17(18)24)19(25)5-2;1-2/h5,7-8,14,17-18H,2,4,6,9-13H2,1,3H3;1-2H3/b8-7-;. The maximum absolute atomic E-state index is 12.1. The van der Waals surface area contributed by atoms with Crippen molar-refractivity contribution in [2.45, 2.75) is 59.1 Å². The van der Waals surface area contributed by atoms with Crippen LogP contribution in [0.25, 0.3) is 6.08 Å². The minimum absolute atomic E-state index is 0.0177. The molecule has 2 aliphatic heterocycles. The van der Waals surface area contributed by atoms with Gasteiger partial charge in [0.05, 0.1) is 24.4 Å². The van der Waals surface area contributed by atoms with Crippen LogP contribution in [-0.2, 0) is 9.53 Å². The number of nitrogens with zero attached hydrogens (tertiary/aromatic N) is 4. The van der Waals surface area contributed by atoms with Crippen molar-refractivity contribution in [2.75, 3.05) is 31.1 Å². The molecule has 6 heteroatoms. The maximum atomic E-state index is 12.1. The van der Waals surface area contributed by atoms with Gasteiger partial charge in [0.15, 0.2) is 0 Å². The van der Waals surface area contributed by atoms with Crippen LogP contribution in [0.3, 0.4) is 0 Å². The molecule has 6 nitrogen and oxygen atoms in total. The first-order valence-electron chi connectivity index (χ1n) is 10.4. The van der Waals surface area contributed by atoms with Gasteiger partial charge in [-0.05, 0) is 25.8 Å². The maximum Gasteiger partial charge on any atom is 0.246 e. The third kappa shape index (κ3) is 4.98. The second kappa shape index (κ2) is 11.0. The number of amides is 1. The number of fused-ring (bicyclic) bond motifs is 1. The van der Waals surface area contributed by atoms with E-state index in [9.17, 15) is 4.79 Å². The predicted molar refractivity (Wildman–Crippen MR) is 114 cm³/mol. The van der Waals surface area contributed by atoms with Gasteiger partial charge in [-0.2, -0.15) is 0 Å². The highest BCUT2D eigenvalue weighted by Crippen LogP contribution is 2.30. The molecule has 2 aliphatic rings. The van der Waals surface area contributed by atoms with E-state index < -0.39 is 0 Å². The molecule has 0 radical (unpaired) electrons. The number of piperidine rings is 1. The molecule has 0 saturated carbocycles. The summed E-state index contributed by atoms with van der Waals surface area (Å²) in [6.07, 6.45) is 10.4. The summed E-state index contributed by atoms with van der Waals surface area (Å²) in [7, 11) is 0. The van der Waals surface area contributed by atoms with Crippen LogP contribution in [0.15, 0.2) is 25.1 Å². The minimum Gasteiger partial charge on any atom is -0.374 e. The Bertz CT molecular complexity index is 689. The number of aromatic nitrogens is 2. The number of allylic oxidation sites excluding steroid dienone is 1. The van der Waals surface area contributed by atoms with Crippen LogP contribution in [0.2, 0.25) is 0 Å². The summed E-state index contributed by atoms with van der Waals surface area (Å²) >= 11 is 0. The second-order valence-corrected chi connectivity index (χ2v) is 6.83. The lowest BCUT2D eigenvalue weighted by Crippen LogP contribution is -2.61. The van der Waals surface area contributed by atoms with E-state index in [1.807, 2.05) is 25.7 Å². The van der Waals surface area contributed by atoms with Crippen LogP contribution in [-0.4, -0.2) is 59.2 Å². The zero-order valence-corrected chi connectivity index (χ0v) is 17.7. The molecule has 2 unspecified atom stereocenters. The number of ether oxygens (including phenoxy) is 1. The lowest BCUT2D eigenvalue weighted by molar-refractivity contribution is -0.130. The number of rotatable bonds is 5. The lowest BCUT2D eigenvalue weighted by atomic mass is 9.97. The highest BCUT2D eigenvalue weighted by Gasteiger charge is 2.39. The van der Waals surface area contributed by atoms with E-state index in [0.717, 1.165) is 42.9 Å². The zero-order valence-electron chi connectivity index (χ0n) is 17.7. The average molecular weight is 387 g/mol. The molecule has 2 saturated heterocycles. The molecule has 0 bridgehead atoms. The van der Waals surface area contributed by atoms with Crippen LogP contribution >= 0.6 is 0 Å². The number of unbranched alkanes of at least 4 members (excludes halogenated alkanes) is 1. The molecule has 3 rings (SSSR count). The third-order valence-corrected chi connectivity index (χ3v) is 5.14. The van der Waals surface area contributed by atoms with Crippen LogP contribution in [0.1, 0.15) is 51.3 Å². The fraction of sp³-hybridized carbons (Fsp3) is 0.591. The third-order valence-electron chi connectivity index (χ3n) is 5.14. The van der Waals surface area contributed by atoms with Crippen LogP contribution in [0, 0.1) is 6.92 Å². The summed E-state index contributed by atoms with van der Waals surface area (Å²) < 4.78 is 6.00. The first-order chi connectivity index (χ1) is 13.7. The van der Waals surface area contributed by atoms with E-state index in [1.54, 1.807) is 6.33 Å². The van der Waals surface area contributed by atoms with E-state index in [4.69, 9.17) is 4.74 Å². The molecule has 1 aromatic heterocycles. The molecular formula is C22H34N4O2. The second-order valence-electron chi connectivity index (χ2n) is 6.83. The van der Waals surface area contributed by atoms with Gasteiger partial charge in [-0.1, -0.05) is 45.9 Å². The summed E-state index contributed by atoms with van der Waals surface area (Å²) in [5.74, 6) is 0.923. The largest absolute Gasteiger partial charge is 0.374 e. The normalized spacial score (nSPS) is 21.7. The predicted octanol–water partition coefficient (Wildman–Crippen LogP) is 3.62. The smallest absolute Gasteiger partial charge is 0.246 e. The molecule has 3 heterocycles. The van der Waals surface area contributed by atoms with E-state index >= 15 is 0 Å². The number of likely N-dealkylation sites (tertiary alicyclic amines) is 1. The Morgan fingerprint density at radius 3 is 2.86 bits per heavy atom. The molecule has 1 amide bonds. The van der Waals surface area contributed by atoms with E-state index in [1.165, 1.54) is 6.08 Å². The summed E-state index contributed by atoms with van der Waals surface area (Å²) in [6.45, 7) is 14.6. The van der Waals surface area contributed by atoms with E-state index in [2.05, 4.69) is 40.5 Å². The molecule has 0 aliphatic carbocycles. The number of hydrogen-bond donors (Lipinski definition) is 0. The van der Waals surface area contributed by atoms with Crippen molar-refractivity contribution in [1.82, 2.24) is 14.9 Å². The topological polar surface area (TPSA) is 58.6 Å². The van der Waals surface area contributed by atoms with Crippen LogP contribution in [0.4, 0.5) is 5.82 Å². The van der Waals surface area contributed by atoms with Gasteiger partial charge in [0, 0.05) is 25.2 Å². The minimum atomic E-state index is -0.0177. The van der Waals surface area contributed by atoms with Crippen molar-refractivity contribution < 1.29 is 9.53 Å². The molecule has 154 valence electrons. The molecule has 0 aromatic carbocycles. The Labute approximate surface area is 169 Å². The summed E-state index contributed by atoms with van der Waals surface area (Å²) in [4.78, 5) is 25.2. The molecule has 28 heavy (non-hydrogen) atoms. The fourth-order valence-electron chi connectivity index (χ4n) is 3.73. The monoisotopic (exact) mass is 386 g/mol. The molecule has 2 atom stereocenters. The van der Waals surface area contributed by atoms with Crippen LogP contribution < -0.4 is 4.90 Å². The number of hydrogen-bond acceptors (Lipinski definition) is 5. The molecule has 0 N–H and O–H groups in total. The Hall–Kier alpha value is -2.21. The van der Waals surface area contributed by atoms with Gasteiger partial charge < -0.3 is 14.5 Å². The van der Waals surface area contributed by atoms with Gasteiger partial charge >= 0.3 is 0 Å². The molecular weight excluding hydrogens is 352 g/mol. The van der Waals surface area contributed by atoms with Crippen LogP contribution in [0.5, 0.6) is 0 Å². The Morgan fingerprint density at radius 1 is 1.36 bits per heavy atom. The quantitative estimate of drug-likeness (QED) is 0.724. The van der Waals surface area contributed by atoms with Crippen molar-refractivity contribution in [3.8, 4) is 0 Å². The van der Waals surface area contributed by atoms with Gasteiger partial charge in [-0.3, -0.25) is 4.79 Å². The number of carbonyl (C=O) groups excluding carboxylic acids is 1. The Balaban J connectivity index is 0.00000136. The molecule has 2 fully saturated rings. The number of aryl methyl sites for hydroxylation is 1.